The molecule has 1 amide bonds. The van der Waals surface area contributed by atoms with E-state index in [1.54, 1.807) is 30.7 Å². The normalized spacial score (nSPS) is 14.4. The highest BCUT2D eigenvalue weighted by Gasteiger charge is 2.20. The molecule has 7 nitrogen and oxygen atoms in total. The first kappa shape index (κ1) is 23.5. The first-order valence-corrected chi connectivity index (χ1v) is 11.7. The van der Waals surface area contributed by atoms with Crippen LogP contribution in [0.1, 0.15) is 52.9 Å². The van der Waals surface area contributed by atoms with Crippen molar-refractivity contribution < 1.29 is 19.1 Å². The lowest BCUT2D eigenvalue weighted by Gasteiger charge is -2.22. The number of pyridine rings is 1. The number of nitrogens with zero attached hydrogens (tertiary/aromatic N) is 2. The van der Waals surface area contributed by atoms with E-state index in [2.05, 4.69) is 10.3 Å². The lowest BCUT2D eigenvalue weighted by molar-refractivity contribution is 0.0540. The number of aromatic nitrogens is 2. The predicted molar refractivity (Wildman–Crippen MR) is 131 cm³/mol. The van der Waals surface area contributed by atoms with E-state index in [0.29, 0.717) is 11.4 Å². The van der Waals surface area contributed by atoms with Crippen LogP contribution in [0.5, 0.6) is 5.75 Å². The Balaban J connectivity index is 1.51. The molecule has 2 heterocycles. The Bertz CT molecular complexity index is 1160. The number of ether oxygens (including phenoxy) is 2. The van der Waals surface area contributed by atoms with Crippen LogP contribution in [-0.2, 0) is 4.74 Å². The number of amides is 1. The summed E-state index contributed by atoms with van der Waals surface area (Å²) in [5, 5.41) is 2.97. The van der Waals surface area contributed by atoms with E-state index in [1.807, 2.05) is 51.1 Å². The van der Waals surface area contributed by atoms with Crippen LogP contribution in [0.25, 0.3) is 22.4 Å². The molecule has 1 aliphatic rings. The molecule has 0 spiro atoms. The molecule has 2 aromatic heterocycles. The van der Waals surface area contributed by atoms with Gasteiger partial charge in [-0.25, -0.2) is 9.59 Å². The Morgan fingerprint density at radius 3 is 2.50 bits per heavy atom. The number of hydrogen-bond donors (Lipinski definition) is 1. The van der Waals surface area contributed by atoms with Crippen molar-refractivity contribution in [1.29, 1.82) is 0 Å². The van der Waals surface area contributed by atoms with Crippen LogP contribution < -0.4 is 10.1 Å². The average molecular weight is 462 g/mol. The maximum Gasteiger partial charge on any atom is 0.418 e. The minimum absolute atomic E-state index is 0.187. The second-order valence-corrected chi connectivity index (χ2v) is 9.60. The molecule has 34 heavy (non-hydrogen) atoms. The molecule has 1 N–H and O–H groups in total. The summed E-state index contributed by atoms with van der Waals surface area (Å²) in [5.41, 5.74) is 2.56. The quantitative estimate of drug-likeness (QED) is 0.485. The van der Waals surface area contributed by atoms with E-state index in [-0.39, 0.29) is 6.04 Å². The molecule has 1 aromatic carbocycles. The number of carbonyl (C=O) groups excluding carboxylic acids is 2. The molecule has 0 atom stereocenters. The van der Waals surface area contributed by atoms with Gasteiger partial charge in [-0.2, -0.15) is 0 Å². The van der Waals surface area contributed by atoms with E-state index >= 15 is 0 Å². The van der Waals surface area contributed by atoms with E-state index in [9.17, 15) is 9.59 Å². The van der Waals surface area contributed by atoms with Gasteiger partial charge in [-0.05, 0) is 69.5 Å². The molecule has 7 heteroatoms. The maximum atomic E-state index is 12.6. The molecular formula is C27H31N3O4. The van der Waals surface area contributed by atoms with Crippen LogP contribution in [0.4, 0.5) is 9.59 Å². The van der Waals surface area contributed by atoms with Crippen molar-refractivity contribution >= 4 is 12.2 Å². The summed E-state index contributed by atoms with van der Waals surface area (Å²) in [4.78, 5) is 29.3. The van der Waals surface area contributed by atoms with E-state index in [4.69, 9.17) is 9.47 Å². The van der Waals surface area contributed by atoms with Crippen molar-refractivity contribution in [1.82, 2.24) is 14.9 Å². The third-order valence-corrected chi connectivity index (χ3v) is 5.68. The summed E-state index contributed by atoms with van der Waals surface area (Å²) in [6, 6.07) is 13.1. The minimum Gasteiger partial charge on any atom is -0.443 e. The largest absolute Gasteiger partial charge is 0.443 e. The van der Waals surface area contributed by atoms with Gasteiger partial charge in [0.15, 0.2) is 0 Å². The van der Waals surface area contributed by atoms with Crippen molar-refractivity contribution in [2.24, 2.45) is 0 Å². The zero-order chi connectivity index (χ0) is 24.1. The smallest absolute Gasteiger partial charge is 0.418 e. The lowest BCUT2D eigenvalue weighted by Crippen LogP contribution is -2.37. The minimum atomic E-state index is -0.595. The molecule has 0 unspecified atom stereocenters. The van der Waals surface area contributed by atoms with Crippen LogP contribution in [0.15, 0.2) is 61.1 Å². The molecule has 1 saturated carbocycles. The molecule has 1 fully saturated rings. The number of nitrogens with one attached hydrogen (secondary N) is 1. The van der Waals surface area contributed by atoms with Crippen molar-refractivity contribution in [2.75, 3.05) is 0 Å². The Morgan fingerprint density at radius 2 is 1.74 bits per heavy atom. The molecule has 0 aliphatic heterocycles. The van der Waals surface area contributed by atoms with Crippen LogP contribution in [-0.4, -0.2) is 33.4 Å². The number of hydrogen-bond acceptors (Lipinski definition) is 5. The molecule has 0 bridgehead atoms. The zero-order valence-corrected chi connectivity index (χ0v) is 19.9. The van der Waals surface area contributed by atoms with Crippen molar-refractivity contribution in [3.8, 4) is 28.1 Å². The summed E-state index contributed by atoms with van der Waals surface area (Å²) < 4.78 is 12.5. The summed E-state index contributed by atoms with van der Waals surface area (Å²) >= 11 is 0. The number of carbonyl (C=O) groups is 2. The van der Waals surface area contributed by atoms with Gasteiger partial charge in [0.2, 0.25) is 0 Å². The Hall–Kier alpha value is -3.61. The van der Waals surface area contributed by atoms with Gasteiger partial charge in [0.05, 0.1) is 5.69 Å². The Kier molecular flexibility index (Phi) is 7.01. The molecule has 1 aliphatic carbocycles. The van der Waals surface area contributed by atoms with Gasteiger partial charge in [0, 0.05) is 35.8 Å². The van der Waals surface area contributed by atoms with Crippen LogP contribution in [0, 0.1) is 0 Å². The van der Waals surface area contributed by atoms with Gasteiger partial charge in [0.1, 0.15) is 11.4 Å². The predicted octanol–water partition coefficient (Wildman–Crippen LogP) is 6.42. The van der Waals surface area contributed by atoms with Gasteiger partial charge in [-0.15, -0.1) is 0 Å². The Labute approximate surface area is 200 Å². The van der Waals surface area contributed by atoms with E-state index in [0.717, 1.165) is 42.4 Å². The monoisotopic (exact) mass is 461 g/mol. The fraction of sp³-hybridized carbons (Fsp3) is 0.370. The Morgan fingerprint density at radius 1 is 0.971 bits per heavy atom. The molecule has 0 radical (unpaired) electrons. The zero-order valence-electron chi connectivity index (χ0n) is 19.9. The number of benzene rings is 1. The van der Waals surface area contributed by atoms with Crippen molar-refractivity contribution in [3.63, 3.8) is 0 Å². The highest BCUT2D eigenvalue weighted by Crippen LogP contribution is 2.28. The van der Waals surface area contributed by atoms with Gasteiger partial charge < -0.3 is 14.8 Å². The van der Waals surface area contributed by atoms with Crippen molar-refractivity contribution in [3.05, 3.63) is 61.1 Å². The van der Waals surface area contributed by atoms with Gasteiger partial charge in [0.25, 0.3) is 0 Å². The molecular weight excluding hydrogens is 430 g/mol. The standard InChI is InChI=1S/C27H31N3O4/c1-27(2,3)34-26(32)30-14-8-13-24(30)21-15-20(17-28-18-21)19-9-7-12-23(16-19)33-25(31)29-22-10-5-4-6-11-22/h7-9,12-18,22H,4-6,10-11H2,1-3H3,(H,29,31). The topological polar surface area (TPSA) is 82.5 Å². The average Bonchev–Trinajstić information content (AvgIpc) is 3.29. The molecule has 0 saturated heterocycles. The van der Waals surface area contributed by atoms with E-state index < -0.39 is 17.8 Å². The third kappa shape index (κ3) is 6.04. The summed E-state index contributed by atoms with van der Waals surface area (Å²) in [5.74, 6) is 0.466. The summed E-state index contributed by atoms with van der Waals surface area (Å²) in [6.07, 6.45) is 9.76. The molecule has 3 aromatic rings. The number of rotatable bonds is 4. The van der Waals surface area contributed by atoms with Crippen molar-refractivity contribution in [2.45, 2.75) is 64.5 Å². The highest BCUT2D eigenvalue weighted by atomic mass is 16.6. The van der Waals surface area contributed by atoms with E-state index in [1.165, 1.54) is 11.0 Å². The first-order valence-electron chi connectivity index (χ1n) is 11.7. The lowest BCUT2D eigenvalue weighted by atomic mass is 9.96. The fourth-order valence-corrected chi connectivity index (χ4v) is 4.11. The third-order valence-electron chi connectivity index (χ3n) is 5.68. The highest BCUT2D eigenvalue weighted by molar-refractivity contribution is 5.80. The summed E-state index contributed by atoms with van der Waals surface area (Å²) in [6.45, 7) is 5.50. The maximum absolute atomic E-state index is 12.6. The summed E-state index contributed by atoms with van der Waals surface area (Å²) in [7, 11) is 0. The SMILES string of the molecule is CC(C)(C)OC(=O)n1cccc1-c1cncc(-c2cccc(OC(=O)NC3CCCCC3)c2)c1. The van der Waals surface area contributed by atoms with Gasteiger partial charge in [-0.3, -0.25) is 9.55 Å². The molecule has 178 valence electrons. The first-order chi connectivity index (χ1) is 16.3. The van der Waals surface area contributed by atoms with Crippen LogP contribution >= 0.6 is 0 Å². The second kappa shape index (κ2) is 10.1. The fourth-order valence-electron chi connectivity index (χ4n) is 4.11. The van der Waals surface area contributed by atoms with Crippen LogP contribution in [0.3, 0.4) is 0 Å². The van der Waals surface area contributed by atoms with Gasteiger partial charge in [-0.1, -0.05) is 31.4 Å². The molecule has 4 rings (SSSR count). The second-order valence-electron chi connectivity index (χ2n) is 9.60. The van der Waals surface area contributed by atoms with Gasteiger partial charge >= 0.3 is 12.2 Å². The van der Waals surface area contributed by atoms with Crippen LogP contribution in [0.2, 0.25) is 0 Å².